The number of hydrogen-bond donors (Lipinski definition) is 1. The minimum absolute atomic E-state index is 0.0526. The molecule has 0 amide bonds. The van der Waals surface area contributed by atoms with Crippen LogP contribution in [-0.2, 0) is 11.3 Å². The van der Waals surface area contributed by atoms with Crippen LogP contribution < -0.4 is 10.5 Å². The van der Waals surface area contributed by atoms with Gasteiger partial charge in [-0.3, -0.25) is 0 Å². The van der Waals surface area contributed by atoms with Crippen LogP contribution in [0.5, 0.6) is 5.75 Å². The van der Waals surface area contributed by atoms with Crippen LogP contribution in [0.3, 0.4) is 0 Å². The van der Waals surface area contributed by atoms with Gasteiger partial charge in [-0.15, -0.1) is 0 Å². The van der Waals surface area contributed by atoms with Crippen molar-refractivity contribution in [2.24, 2.45) is 0 Å². The number of anilines is 1. The Morgan fingerprint density at radius 3 is 2.71 bits per heavy atom. The van der Waals surface area contributed by atoms with E-state index in [1.54, 1.807) is 12.1 Å². The van der Waals surface area contributed by atoms with E-state index in [2.05, 4.69) is 0 Å². The molecule has 0 saturated carbocycles. The summed E-state index contributed by atoms with van der Waals surface area (Å²) in [5.41, 5.74) is 5.88. The first-order valence-electron chi connectivity index (χ1n) is 6.06. The van der Waals surface area contributed by atoms with Crippen LogP contribution in [0.2, 0.25) is 0 Å². The molecule has 0 saturated heterocycles. The Hall–Kier alpha value is -2.63. The van der Waals surface area contributed by atoms with Gasteiger partial charge in [-0.05, 0) is 30.3 Å². The highest BCUT2D eigenvalue weighted by Gasteiger charge is 2.18. The standard InChI is InChI=1S/C15H13F2NO3/c1-20-13-4-2-3-12(18)14(13)15(19)21-8-9-7-10(16)5-6-11(9)17/h2-7H,8,18H2,1H3. The summed E-state index contributed by atoms with van der Waals surface area (Å²) in [6, 6.07) is 7.61. The van der Waals surface area contributed by atoms with Crippen molar-refractivity contribution in [2.45, 2.75) is 6.61 Å². The van der Waals surface area contributed by atoms with Crippen LogP contribution in [0.1, 0.15) is 15.9 Å². The summed E-state index contributed by atoms with van der Waals surface area (Å²) < 4.78 is 36.5. The molecule has 2 N–H and O–H groups in total. The summed E-state index contributed by atoms with van der Waals surface area (Å²) in [5.74, 6) is -1.79. The second-order valence-corrected chi connectivity index (χ2v) is 4.24. The molecule has 6 heteroatoms. The third-order valence-electron chi connectivity index (χ3n) is 2.85. The number of carbonyl (C=O) groups excluding carboxylic acids is 1. The molecule has 0 aliphatic heterocycles. The van der Waals surface area contributed by atoms with Gasteiger partial charge in [0.1, 0.15) is 29.6 Å². The monoisotopic (exact) mass is 293 g/mol. The number of methoxy groups -OCH3 is 1. The van der Waals surface area contributed by atoms with Gasteiger partial charge in [0.2, 0.25) is 0 Å². The van der Waals surface area contributed by atoms with Crippen molar-refractivity contribution in [3.63, 3.8) is 0 Å². The van der Waals surface area contributed by atoms with Gasteiger partial charge in [-0.2, -0.15) is 0 Å². The van der Waals surface area contributed by atoms with E-state index in [1.807, 2.05) is 0 Å². The lowest BCUT2D eigenvalue weighted by atomic mass is 10.1. The number of nitrogen functional groups attached to an aromatic ring is 1. The molecule has 2 rings (SSSR count). The first kappa shape index (κ1) is 14.8. The zero-order valence-electron chi connectivity index (χ0n) is 11.2. The van der Waals surface area contributed by atoms with E-state index < -0.39 is 24.2 Å². The first-order valence-corrected chi connectivity index (χ1v) is 6.06. The fourth-order valence-corrected chi connectivity index (χ4v) is 1.81. The fourth-order valence-electron chi connectivity index (χ4n) is 1.81. The summed E-state index contributed by atoms with van der Waals surface area (Å²) in [4.78, 5) is 12.0. The van der Waals surface area contributed by atoms with E-state index in [0.717, 1.165) is 18.2 Å². The zero-order chi connectivity index (χ0) is 15.4. The fraction of sp³-hybridized carbons (Fsp3) is 0.133. The largest absolute Gasteiger partial charge is 0.496 e. The molecule has 21 heavy (non-hydrogen) atoms. The smallest absolute Gasteiger partial charge is 0.344 e. The molecule has 2 aromatic rings. The molecule has 0 radical (unpaired) electrons. The third-order valence-corrected chi connectivity index (χ3v) is 2.85. The van der Waals surface area contributed by atoms with Gasteiger partial charge in [0.05, 0.1) is 7.11 Å². The molecule has 0 fully saturated rings. The lowest BCUT2D eigenvalue weighted by Crippen LogP contribution is -2.10. The Labute approximate surface area is 120 Å². The van der Waals surface area contributed by atoms with Crippen molar-refractivity contribution < 1.29 is 23.0 Å². The second-order valence-electron chi connectivity index (χ2n) is 4.24. The average molecular weight is 293 g/mol. The number of nitrogens with two attached hydrogens (primary N) is 1. The number of benzene rings is 2. The molecule has 110 valence electrons. The van der Waals surface area contributed by atoms with Crippen molar-refractivity contribution in [1.82, 2.24) is 0 Å². The van der Waals surface area contributed by atoms with Crippen LogP contribution in [0.4, 0.5) is 14.5 Å². The van der Waals surface area contributed by atoms with Crippen LogP contribution in [0, 0.1) is 11.6 Å². The van der Waals surface area contributed by atoms with Crippen LogP contribution in [0.25, 0.3) is 0 Å². The number of esters is 1. The summed E-state index contributed by atoms with van der Waals surface area (Å²) in [6.45, 7) is -0.403. The molecular formula is C15H13F2NO3. The highest BCUT2D eigenvalue weighted by Crippen LogP contribution is 2.25. The van der Waals surface area contributed by atoms with E-state index in [9.17, 15) is 13.6 Å². The van der Waals surface area contributed by atoms with Gasteiger partial charge in [-0.25, -0.2) is 13.6 Å². The summed E-state index contributed by atoms with van der Waals surface area (Å²) in [5, 5.41) is 0. The van der Waals surface area contributed by atoms with Gasteiger partial charge in [0, 0.05) is 11.3 Å². The average Bonchev–Trinajstić information content (AvgIpc) is 2.47. The maximum Gasteiger partial charge on any atom is 0.344 e. The topological polar surface area (TPSA) is 61.5 Å². The number of ether oxygens (including phenoxy) is 2. The van der Waals surface area contributed by atoms with Crippen LogP contribution in [-0.4, -0.2) is 13.1 Å². The molecule has 0 aliphatic carbocycles. The predicted octanol–water partition coefficient (Wildman–Crippen LogP) is 2.91. The highest BCUT2D eigenvalue weighted by atomic mass is 19.1. The lowest BCUT2D eigenvalue weighted by molar-refractivity contribution is 0.0466. The van der Waals surface area contributed by atoms with Crippen molar-refractivity contribution in [1.29, 1.82) is 0 Å². The normalized spacial score (nSPS) is 10.2. The molecule has 0 spiro atoms. The lowest BCUT2D eigenvalue weighted by Gasteiger charge is -2.11. The van der Waals surface area contributed by atoms with Gasteiger partial charge in [0.15, 0.2) is 0 Å². The minimum atomic E-state index is -0.770. The molecule has 0 atom stereocenters. The molecule has 0 bridgehead atoms. The van der Waals surface area contributed by atoms with E-state index in [4.69, 9.17) is 15.2 Å². The minimum Gasteiger partial charge on any atom is -0.496 e. The third kappa shape index (κ3) is 3.28. The van der Waals surface area contributed by atoms with Crippen molar-refractivity contribution in [2.75, 3.05) is 12.8 Å². The molecule has 0 unspecified atom stereocenters. The van der Waals surface area contributed by atoms with Crippen molar-refractivity contribution >= 4 is 11.7 Å². The maximum absolute atomic E-state index is 13.4. The Bertz CT molecular complexity index is 674. The summed E-state index contributed by atoms with van der Waals surface area (Å²) >= 11 is 0. The number of carbonyl (C=O) groups is 1. The van der Waals surface area contributed by atoms with Crippen LogP contribution >= 0.6 is 0 Å². The van der Waals surface area contributed by atoms with Gasteiger partial charge in [-0.1, -0.05) is 6.07 Å². The van der Waals surface area contributed by atoms with E-state index in [0.29, 0.717) is 0 Å². The highest BCUT2D eigenvalue weighted by molar-refractivity contribution is 5.98. The number of rotatable bonds is 4. The van der Waals surface area contributed by atoms with E-state index in [-0.39, 0.29) is 22.6 Å². The quantitative estimate of drug-likeness (QED) is 0.695. The summed E-state index contributed by atoms with van der Waals surface area (Å²) in [7, 11) is 1.39. The van der Waals surface area contributed by atoms with Crippen molar-refractivity contribution in [3.05, 3.63) is 59.2 Å². The zero-order valence-corrected chi connectivity index (χ0v) is 11.2. The van der Waals surface area contributed by atoms with Gasteiger partial charge >= 0.3 is 5.97 Å². The SMILES string of the molecule is COc1cccc(N)c1C(=O)OCc1cc(F)ccc1F. The van der Waals surface area contributed by atoms with E-state index >= 15 is 0 Å². The van der Waals surface area contributed by atoms with E-state index in [1.165, 1.54) is 13.2 Å². The molecule has 0 aromatic heterocycles. The molecule has 4 nitrogen and oxygen atoms in total. The maximum atomic E-state index is 13.4. The first-order chi connectivity index (χ1) is 10.0. The number of hydrogen-bond acceptors (Lipinski definition) is 4. The van der Waals surface area contributed by atoms with Crippen molar-refractivity contribution in [3.8, 4) is 5.75 Å². The number of halogens is 2. The Morgan fingerprint density at radius 1 is 1.24 bits per heavy atom. The predicted molar refractivity (Wildman–Crippen MR) is 72.9 cm³/mol. The second kappa shape index (κ2) is 6.21. The van der Waals surface area contributed by atoms with Crippen LogP contribution in [0.15, 0.2) is 36.4 Å². The Morgan fingerprint density at radius 2 is 2.00 bits per heavy atom. The Kier molecular flexibility index (Phi) is 4.37. The molecule has 0 heterocycles. The Balaban J connectivity index is 2.17. The molecule has 2 aromatic carbocycles. The molecular weight excluding hydrogens is 280 g/mol. The summed E-state index contributed by atoms with van der Waals surface area (Å²) in [6.07, 6.45) is 0. The molecule has 0 aliphatic rings. The van der Waals surface area contributed by atoms with Gasteiger partial charge in [0.25, 0.3) is 0 Å². The van der Waals surface area contributed by atoms with Gasteiger partial charge < -0.3 is 15.2 Å².